The van der Waals surface area contributed by atoms with Crippen LogP contribution in [0.5, 0.6) is 11.5 Å². The maximum Gasteiger partial charge on any atom is 0.269 e. The quantitative estimate of drug-likeness (QED) is 0.274. The first-order valence-corrected chi connectivity index (χ1v) is 11.5. The van der Waals surface area contributed by atoms with Crippen molar-refractivity contribution in [3.05, 3.63) is 93.9 Å². The Labute approximate surface area is 217 Å². The van der Waals surface area contributed by atoms with Crippen LogP contribution in [0, 0.1) is 10.1 Å². The first kappa shape index (κ1) is 24.4. The maximum atomic E-state index is 13.6. The molecule has 1 aliphatic heterocycles. The number of nitro benzene ring substituents is 1. The number of nitrogens with zero attached hydrogens (tertiary/aromatic N) is 5. The van der Waals surface area contributed by atoms with E-state index in [9.17, 15) is 14.9 Å². The zero-order valence-corrected chi connectivity index (χ0v) is 20.7. The van der Waals surface area contributed by atoms with Crippen LogP contribution in [0.1, 0.15) is 18.5 Å². The van der Waals surface area contributed by atoms with Crippen LogP contribution in [-0.4, -0.2) is 44.8 Å². The van der Waals surface area contributed by atoms with Crippen molar-refractivity contribution in [1.29, 1.82) is 0 Å². The highest BCUT2D eigenvalue weighted by Gasteiger charge is 2.35. The lowest BCUT2D eigenvalue weighted by Gasteiger charge is -2.29. The number of anilines is 2. The van der Waals surface area contributed by atoms with Gasteiger partial charge in [0.1, 0.15) is 6.04 Å². The molecule has 2 aromatic carbocycles. The molecule has 1 amide bonds. The third kappa shape index (κ3) is 4.50. The van der Waals surface area contributed by atoms with Crippen LogP contribution in [0.15, 0.2) is 78.3 Å². The SMILES string of the molecule is COc1ccc(C2C(C(=O)Nc3cccnc3)=C(C)Nc3nc(-c4ccc([N+](=O)[O-])cc4)nn32)cc1OC. The number of methoxy groups -OCH3 is 2. The summed E-state index contributed by atoms with van der Waals surface area (Å²) in [4.78, 5) is 32.9. The predicted octanol–water partition coefficient (Wildman–Crippen LogP) is 4.19. The number of hydrogen-bond acceptors (Lipinski definition) is 9. The molecule has 5 rings (SSSR count). The number of fused-ring (bicyclic) bond motifs is 1. The summed E-state index contributed by atoms with van der Waals surface area (Å²) >= 11 is 0. The Morgan fingerprint density at radius 3 is 2.53 bits per heavy atom. The number of nitro groups is 1. The second-order valence-corrected chi connectivity index (χ2v) is 8.38. The molecule has 1 atom stereocenters. The van der Waals surface area contributed by atoms with E-state index in [-0.39, 0.29) is 11.6 Å². The molecule has 0 saturated carbocycles. The number of amides is 1. The van der Waals surface area contributed by atoms with E-state index in [4.69, 9.17) is 14.6 Å². The van der Waals surface area contributed by atoms with Gasteiger partial charge in [0.2, 0.25) is 5.95 Å². The molecule has 192 valence electrons. The molecule has 0 aliphatic carbocycles. The van der Waals surface area contributed by atoms with E-state index in [0.717, 1.165) is 0 Å². The minimum atomic E-state index is -0.679. The number of benzene rings is 2. The van der Waals surface area contributed by atoms with Crippen molar-refractivity contribution in [2.45, 2.75) is 13.0 Å². The molecular formula is C26H23N7O5. The lowest BCUT2D eigenvalue weighted by Crippen LogP contribution is -2.31. The minimum absolute atomic E-state index is 0.0362. The van der Waals surface area contributed by atoms with Gasteiger partial charge in [-0.05, 0) is 48.9 Å². The van der Waals surface area contributed by atoms with Gasteiger partial charge in [0.25, 0.3) is 11.6 Å². The number of carbonyl (C=O) groups is 1. The van der Waals surface area contributed by atoms with Crippen LogP contribution in [-0.2, 0) is 4.79 Å². The van der Waals surface area contributed by atoms with Crippen LogP contribution in [0.4, 0.5) is 17.3 Å². The minimum Gasteiger partial charge on any atom is -0.493 e. The number of allylic oxidation sites excluding steroid dienone is 1. The summed E-state index contributed by atoms with van der Waals surface area (Å²) in [6, 6.07) is 14.1. The third-order valence-electron chi connectivity index (χ3n) is 6.08. The Morgan fingerprint density at radius 2 is 1.87 bits per heavy atom. The van der Waals surface area contributed by atoms with E-state index in [1.807, 2.05) is 6.07 Å². The van der Waals surface area contributed by atoms with Crippen molar-refractivity contribution in [1.82, 2.24) is 19.7 Å². The van der Waals surface area contributed by atoms with Gasteiger partial charge in [-0.15, -0.1) is 5.10 Å². The number of hydrogen-bond donors (Lipinski definition) is 2. The second-order valence-electron chi connectivity index (χ2n) is 8.38. The molecule has 2 N–H and O–H groups in total. The van der Waals surface area contributed by atoms with Crippen LogP contribution in [0.3, 0.4) is 0 Å². The molecule has 4 aromatic rings. The van der Waals surface area contributed by atoms with Crippen LogP contribution >= 0.6 is 0 Å². The normalized spacial score (nSPS) is 14.3. The average Bonchev–Trinajstić information content (AvgIpc) is 3.36. The predicted molar refractivity (Wildman–Crippen MR) is 139 cm³/mol. The van der Waals surface area contributed by atoms with Crippen molar-refractivity contribution in [3.8, 4) is 22.9 Å². The Kier molecular flexibility index (Phi) is 6.44. The first-order chi connectivity index (χ1) is 18.4. The van der Waals surface area contributed by atoms with E-state index < -0.39 is 11.0 Å². The number of aromatic nitrogens is 4. The number of non-ortho nitro benzene ring substituents is 1. The summed E-state index contributed by atoms with van der Waals surface area (Å²) in [5.41, 5.74) is 2.80. The molecule has 0 spiro atoms. The average molecular weight is 514 g/mol. The highest BCUT2D eigenvalue weighted by atomic mass is 16.6. The van der Waals surface area contributed by atoms with Gasteiger partial charge in [-0.2, -0.15) is 4.98 Å². The van der Waals surface area contributed by atoms with Crippen molar-refractivity contribution in [2.75, 3.05) is 24.9 Å². The van der Waals surface area contributed by atoms with E-state index in [2.05, 4.69) is 20.6 Å². The summed E-state index contributed by atoms with van der Waals surface area (Å²) in [6.45, 7) is 1.79. The molecule has 2 aromatic heterocycles. The standard InChI is InChI=1S/C26H23N7O5/c1-15-22(25(34)29-18-5-4-12-27-14-18)23(17-8-11-20(37-2)21(13-17)38-3)32-26(28-15)30-24(31-32)16-6-9-19(10-7-16)33(35)36/h4-14,23H,1-3H3,(H,29,34)(H,28,30,31). The summed E-state index contributed by atoms with van der Waals surface area (Å²) in [5.74, 6) is 1.44. The smallest absolute Gasteiger partial charge is 0.269 e. The Hall–Kier alpha value is -5.26. The van der Waals surface area contributed by atoms with Gasteiger partial charge in [0.15, 0.2) is 17.3 Å². The summed E-state index contributed by atoms with van der Waals surface area (Å²) in [5, 5.41) is 21.8. The molecule has 12 nitrogen and oxygen atoms in total. The zero-order chi connectivity index (χ0) is 26.8. The van der Waals surface area contributed by atoms with Gasteiger partial charge >= 0.3 is 0 Å². The molecule has 1 aliphatic rings. The first-order valence-electron chi connectivity index (χ1n) is 11.5. The summed E-state index contributed by atoms with van der Waals surface area (Å²) in [7, 11) is 3.08. The van der Waals surface area contributed by atoms with Gasteiger partial charge in [0, 0.05) is 29.6 Å². The highest BCUT2D eigenvalue weighted by Crippen LogP contribution is 2.40. The van der Waals surface area contributed by atoms with Gasteiger partial charge in [-0.3, -0.25) is 19.9 Å². The molecular weight excluding hydrogens is 490 g/mol. The van der Waals surface area contributed by atoms with E-state index in [1.165, 1.54) is 19.2 Å². The van der Waals surface area contributed by atoms with Crippen LogP contribution in [0.25, 0.3) is 11.4 Å². The monoisotopic (exact) mass is 513 g/mol. The third-order valence-corrected chi connectivity index (χ3v) is 6.08. The number of rotatable bonds is 7. The van der Waals surface area contributed by atoms with Gasteiger partial charge in [-0.25, -0.2) is 4.68 Å². The number of pyridine rings is 1. The molecule has 12 heteroatoms. The molecule has 0 fully saturated rings. The van der Waals surface area contributed by atoms with Gasteiger partial charge in [0.05, 0.1) is 36.6 Å². The maximum absolute atomic E-state index is 13.6. The lowest BCUT2D eigenvalue weighted by molar-refractivity contribution is -0.384. The molecule has 3 heterocycles. The van der Waals surface area contributed by atoms with Crippen LogP contribution in [0.2, 0.25) is 0 Å². The Balaban J connectivity index is 1.61. The van der Waals surface area contributed by atoms with Gasteiger partial charge < -0.3 is 20.1 Å². The lowest BCUT2D eigenvalue weighted by atomic mass is 9.94. The van der Waals surface area contributed by atoms with E-state index in [1.54, 1.807) is 67.5 Å². The van der Waals surface area contributed by atoms with Crippen molar-refractivity contribution >= 4 is 23.2 Å². The number of nitrogens with one attached hydrogen (secondary N) is 2. The molecule has 1 unspecified atom stereocenters. The molecule has 0 bridgehead atoms. The molecule has 0 saturated heterocycles. The van der Waals surface area contributed by atoms with Crippen molar-refractivity contribution in [2.24, 2.45) is 0 Å². The second kappa shape index (κ2) is 10.0. The fourth-order valence-electron chi connectivity index (χ4n) is 4.27. The van der Waals surface area contributed by atoms with Crippen molar-refractivity contribution in [3.63, 3.8) is 0 Å². The van der Waals surface area contributed by atoms with Crippen LogP contribution < -0.4 is 20.1 Å². The largest absolute Gasteiger partial charge is 0.493 e. The Morgan fingerprint density at radius 1 is 1.11 bits per heavy atom. The number of carbonyl (C=O) groups excluding carboxylic acids is 1. The zero-order valence-electron chi connectivity index (χ0n) is 20.7. The molecule has 38 heavy (non-hydrogen) atoms. The molecule has 0 radical (unpaired) electrons. The Bertz CT molecular complexity index is 1550. The fraction of sp³-hybridized carbons (Fsp3) is 0.154. The van der Waals surface area contributed by atoms with E-state index >= 15 is 0 Å². The van der Waals surface area contributed by atoms with Crippen molar-refractivity contribution < 1.29 is 19.2 Å². The van der Waals surface area contributed by atoms with Gasteiger partial charge in [-0.1, -0.05) is 6.07 Å². The topological polar surface area (TPSA) is 146 Å². The van der Waals surface area contributed by atoms with E-state index in [0.29, 0.717) is 51.4 Å². The number of ether oxygens (including phenoxy) is 2. The highest BCUT2D eigenvalue weighted by molar-refractivity contribution is 6.06. The fourth-order valence-corrected chi connectivity index (χ4v) is 4.27. The summed E-state index contributed by atoms with van der Waals surface area (Å²) in [6.07, 6.45) is 3.18. The summed E-state index contributed by atoms with van der Waals surface area (Å²) < 4.78 is 12.5.